The quantitative estimate of drug-likeness (QED) is 0.207. The second kappa shape index (κ2) is 13.0. The summed E-state index contributed by atoms with van der Waals surface area (Å²) in [7, 11) is -4.07. The molecular formula is C29H35ClN4O5S. The van der Waals surface area contributed by atoms with Crippen molar-refractivity contribution in [1.82, 2.24) is 13.8 Å². The van der Waals surface area contributed by atoms with Crippen LogP contribution < -0.4 is 0 Å². The van der Waals surface area contributed by atoms with E-state index in [-0.39, 0.29) is 29.1 Å². The van der Waals surface area contributed by atoms with E-state index in [4.69, 9.17) is 11.6 Å². The van der Waals surface area contributed by atoms with Gasteiger partial charge < -0.3 is 9.47 Å². The van der Waals surface area contributed by atoms with Crippen LogP contribution in [0, 0.1) is 10.1 Å². The van der Waals surface area contributed by atoms with Gasteiger partial charge >= 0.3 is 0 Å². The topological polar surface area (TPSA) is 106 Å². The molecule has 1 heterocycles. The van der Waals surface area contributed by atoms with E-state index in [0.717, 1.165) is 55.5 Å². The van der Waals surface area contributed by atoms with Crippen LogP contribution in [0.25, 0.3) is 0 Å². The van der Waals surface area contributed by atoms with Crippen molar-refractivity contribution in [3.63, 3.8) is 0 Å². The zero-order valence-electron chi connectivity index (χ0n) is 22.8. The summed E-state index contributed by atoms with van der Waals surface area (Å²) in [5, 5.41) is 11.7. The smallest absolute Gasteiger partial charge is 0.269 e. The number of sulfonamides is 1. The van der Waals surface area contributed by atoms with Gasteiger partial charge in [0.05, 0.1) is 22.9 Å². The lowest BCUT2D eigenvalue weighted by Gasteiger charge is -2.36. The van der Waals surface area contributed by atoms with Crippen molar-refractivity contribution in [3.8, 4) is 0 Å². The summed E-state index contributed by atoms with van der Waals surface area (Å²) >= 11 is 6.40. The second-order valence-corrected chi connectivity index (χ2v) is 12.7. The van der Waals surface area contributed by atoms with Crippen molar-refractivity contribution >= 4 is 33.2 Å². The average Bonchev–Trinajstić information content (AvgIpc) is 3.38. The molecule has 2 aromatic carbocycles. The number of amides is 1. The normalized spacial score (nSPS) is 14.5. The highest BCUT2D eigenvalue weighted by atomic mass is 35.5. The molecule has 1 amide bonds. The Kier molecular flexibility index (Phi) is 9.65. The van der Waals surface area contributed by atoms with Crippen molar-refractivity contribution in [2.24, 2.45) is 0 Å². The van der Waals surface area contributed by atoms with Gasteiger partial charge in [-0.2, -0.15) is 4.31 Å². The van der Waals surface area contributed by atoms with Gasteiger partial charge in [0.15, 0.2) is 0 Å². The Hall–Kier alpha value is -3.21. The van der Waals surface area contributed by atoms with Crippen LogP contribution in [0.5, 0.6) is 0 Å². The predicted molar refractivity (Wildman–Crippen MR) is 155 cm³/mol. The Labute approximate surface area is 240 Å². The number of carbonyl (C=O) groups is 1. The number of halogens is 1. The van der Waals surface area contributed by atoms with Gasteiger partial charge in [0.1, 0.15) is 0 Å². The molecule has 4 rings (SSSR count). The fourth-order valence-corrected chi connectivity index (χ4v) is 6.97. The number of nitro groups is 1. The first kappa shape index (κ1) is 29.8. The Balaban J connectivity index is 1.59. The lowest BCUT2D eigenvalue weighted by molar-refractivity contribution is -0.384. The third-order valence-electron chi connectivity index (χ3n) is 7.41. The number of benzene rings is 2. The minimum atomic E-state index is -4.07. The molecule has 0 atom stereocenters. The van der Waals surface area contributed by atoms with Crippen LogP contribution in [0.15, 0.2) is 71.8 Å². The second-order valence-electron chi connectivity index (χ2n) is 10.4. The lowest BCUT2D eigenvalue weighted by atomic mass is 9.94. The molecule has 0 saturated heterocycles. The molecule has 1 saturated carbocycles. The summed E-state index contributed by atoms with van der Waals surface area (Å²) in [6.07, 6.45) is 6.85. The summed E-state index contributed by atoms with van der Waals surface area (Å²) in [4.78, 5) is 26.1. The highest BCUT2D eigenvalue weighted by Crippen LogP contribution is 2.27. The first-order valence-electron chi connectivity index (χ1n) is 13.5. The number of nitrogens with zero attached hydrogens (tertiary/aromatic N) is 4. The summed E-state index contributed by atoms with van der Waals surface area (Å²) in [6, 6.07) is 15.8. The molecule has 1 fully saturated rings. The van der Waals surface area contributed by atoms with Crippen LogP contribution >= 0.6 is 11.6 Å². The van der Waals surface area contributed by atoms with E-state index in [1.165, 1.54) is 16.4 Å². The van der Waals surface area contributed by atoms with E-state index >= 15 is 0 Å². The number of hydrogen-bond acceptors (Lipinski definition) is 5. The van der Waals surface area contributed by atoms with E-state index in [2.05, 4.69) is 4.57 Å². The van der Waals surface area contributed by atoms with Gasteiger partial charge in [0, 0.05) is 47.7 Å². The molecule has 0 bridgehead atoms. The molecule has 0 aliphatic heterocycles. The Bertz CT molecular complexity index is 1430. The van der Waals surface area contributed by atoms with Crippen LogP contribution in [0.4, 0.5) is 5.69 Å². The molecule has 1 aromatic heterocycles. The van der Waals surface area contributed by atoms with E-state index in [0.29, 0.717) is 18.1 Å². The number of aromatic nitrogens is 1. The zero-order valence-corrected chi connectivity index (χ0v) is 24.4. The largest absolute Gasteiger partial charge is 0.345 e. The maximum atomic E-state index is 13.9. The van der Waals surface area contributed by atoms with Crippen LogP contribution in [-0.4, -0.2) is 51.6 Å². The molecule has 9 nitrogen and oxygen atoms in total. The molecule has 214 valence electrons. The highest BCUT2D eigenvalue weighted by Gasteiger charge is 2.33. The first-order valence-corrected chi connectivity index (χ1v) is 15.3. The van der Waals surface area contributed by atoms with E-state index in [1.54, 1.807) is 13.8 Å². The molecule has 1 aliphatic carbocycles. The van der Waals surface area contributed by atoms with Crippen molar-refractivity contribution < 1.29 is 18.1 Å². The maximum Gasteiger partial charge on any atom is 0.269 e. The number of hydrogen-bond donors (Lipinski definition) is 0. The highest BCUT2D eigenvalue weighted by molar-refractivity contribution is 7.89. The molecule has 0 spiro atoms. The number of non-ortho nitro benzene ring substituents is 1. The van der Waals surface area contributed by atoms with Crippen LogP contribution in [0.2, 0.25) is 5.02 Å². The molecule has 11 heteroatoms. The van der Waals surface area contributed by atoms with Gasteiger partial charge in [-0.25, -0.2) is 8.42 Å². The molecule has 3 aromatic rings. The summed E-state index contributed by atoms with van der Waals surface area (Å²) < 4.78 is 30.4. The average molecular weight is 587 g/mol. The van der Waals surface area contributed by atoms with E-state index in [1.807, 2.05) is 47.5 Å². The van der Waals surface area contributed by atoms with Gasteiger partial charge in [-0.15, -0.1) is 0 Å². The molecule has 40 heavy (non-hydrogen) atoms. The first-order chi connectivity index (χ1) is 19.1. The molecule has 0 radical (unpaired) electrons. The Morgan fingerprint density at radius 2 is 1.73 bits per heavy atom. The fourth-order valence-electron chi connectivity index (χ4n) is 5.19. The number of nitro benzene ring substituents is 1. The minimum Gasteiger partial charge on any atom is -0.345 e. The summed E-state index contributed by atoms with van der Waals surface area (Å²) in [5.74, 6) is -0.267. The van der Waals surface area contributed by atoms with Crippen LogP contribution in [0.1, 0.15) is 57.2 Å². The summed E-state index contributed by atoms with van der Waals surface area (Å²) in [5.41, 5.74) is 1.71. The lowest BCUT2D eigenvalue weighted by Crippen LogP contribution is -2.49. The van der Waals surface area contributed by atoms with E-state index in [9.17, 15) is 23.3 Å². The van der Waals surface area contributed by atoms with Gasteiger partial charge in [-0.3, -0.25) is 14.9 Å². The third-order valence-corrected chi connectivity index (χ3v) is 9.82. The monoisotopic (exact) mass is 586 g/mol. The standard InChI is InChI=1S/C29H35ClN4O5S/c1-22(2)33(40(38,39)27-16-14-25(15-17-27)34(36)37)21-29(35)32(24-10-4-3-5-11-24)20-26-12-8-18-31(26)19-23-9-6-7-13-28(23)30/h6-9,12-18,22,24H,3-5,10-11,19-21H2,1-2H3. The van der Waals surface area contributed by atoms with Gasteiger partial charge in [0.25, 0.3) is 5.69 Å². The Morgan fingerprint density at radius 3 is 2.35 bits per heavy atom. The van der Waals surface area contributed by atoms with Crippen molar-refractivity contribution in [2.45, 2.75) is 76.0 Å². The Morgan fingerprint density at radius 1 is 1.05 bits per heavy atom. The molecule has 0 N–H and O–H groups in total. The van der Waals surface area contributed by atoms with Crippen molar-refractivity contribution in [1.29, 1.82) is 0 Å². The molecule has 1 aliphatic rings. The summed E-state index contributed by atoms with van der Waals surface area (Å²) in [6.45, 7) is 4.02. The number of rotatable bonds is 11. The van der Waals surface area contributed by atoms with Crippen LogP contribution in [-0.2, 0) is 27.9 Å². The van der Waals surface area contributed by atoms with Crippen molar-refractivity contribution in [3.05, 3.63) is 93.3 Å². The molecular weight excluding hydrogens is 552 g/mol. The minimum absolute atomic E-state index is 0.0148. The van der Waals surface area contributed by atoms with Gasteiger partial charge in [0.2, 0.25) is 15.9 Å². The molecule has 0 unspecified atom stereocenters. The van der Waals surface area contributed by atoms with Crippen LogP contribution in [0.3, 0.4) is 0 Å². The van der Waals surface area contributed by atoms with Gasteiger partial charge in [-0.05, 0) is 62.6 Å². The maximum absolute atomic E-state index is 13.9. The zero-order chi connectivity index (χ0) is 28.9. The van der Waals surface area contributed by atoms with E-state index < -0.39 is 21.0 Å². The third kappa shape index (κ3) is 6.92. The fraction of sp³-hybridized carbons (Fsp3) is 0.414. The predicted octanol–water partition coefficient (Wildman–Crippen LogP) is 5.86. The SMILES string of the molecule is CC(C)N(CC(=O)N(Cc1cccn1Cc1ccccc1Cl)C1CCCCC1)S(=O)(=O)c1ccc([N+](=O)[O-])cc1. The number of carbonyl (C=O) groups excluding carboxylic acids is 1. The van der Waals surface area contributed by atoms with Gasteiger partial charge in [-0.1, -0.05) is 49.1 Å². The van der Waals surface area contributed by atoms with Crippen molar-refractivity contribution in [2.75, 3.05) is 6.54 Å².